The Labute approximate surface area is 151 Å². The van der Waals surface area contributed by atoms with Crippen molar-refractivity contribution in [2.75, 3.05) is 24.6 Å². The van der Waals surface area contributed by atoms with Crippen LogP contribution in [0.4, 0.5) is 0 Å². The molecule has 1 amide bonds. The Hall–Kier alpha value is -1.60. The van der Waals surface area contributed by atoms with Gasteiger partial charge in [0.05, 0.1) is 17.4 Å². The minimum absolute atomic E-state index is 0.0511. The molecular weight excluding hydrogens is 366 g/mol. The number of benzene rings is 1. The maximum Gasteiger partial charge on any atom is 0.308 e. The number of halogens is 1. The van der Waals surface area contributed by atoms with E-state index in [4.69, 9.17) is 11.6 Å². The van der Waals surface area contributed by atoms with Crippen molar-refractivity contribution in [2.45, 2.75) is 18.8 Å². The summed E-state index contributed by atoms with van der Waals surface area (Å²) in [5.74, 6) is -2.02. The third-order valence-electron chi connectivity index (χ3n) is 5.08. The van der Waals surface area contributed by atoms with E-state index in [1.165, 1.54) is 0 Å². The summed E-state index contributed by atoms with van der Waals surface area (Å²) < 4.78 is 23.1. The van der Waals surface area contributed by atoms with E-state index in [1.807, 2.05) is 0 Å². The number of amides is 1. The van der Waals surface area contributed by atoms with E-state index in [2.05, 4.69) is 0 Å². The number of aliphatic carboxylic acids is 1. The third kappa shape index (κ3) is 4.15. The highest BCUT2D eigenvalue weighted by Crippen LogP contribution is 2.34. The van der Waals surface area contributed by atoms with E-state index in [0.29, 0.717) is 18.0 Å². The highest BCUT2D eigenvalue weighted by Gasteiger charge is 2.41. The van der Waals surface area contributed by atoms with E-state index in [-0.39, 0.29) is 42.2 Å². The molecule has 0 aromatic heterocycles. The first-order valence-electron chi connectivity index (χ1n) is 8.21. The van der Waals surface area contributed by atoms with Crippen molar-refractivity contribution >= 4 is 33.3 Å². The molecule has 2 aliphatic rings. The minimum Gasteiger partial charge on any atom is -0.481 e. The zero-order chi connectivity index (χ0) is 18.2. The van der Waals surface area contributed by atoms with Crippen molar-refractivity contribution < 1.29 is 23.1 Å². The Morgan fingerprint density at radius 2 is 1.88 bits per heavy atom. The van der Waals surface area contributed by atoms with E-state index in [0.717, 1.165) is 5.56 Å². The SMILES string of the molecule is O=C(O)[C@@H]1CN(C(=O)CC2CCS(=O)(=O)C2)C[C@H]1c1ccc(Cl)cc1. The van der Waals surface area contributed by atoms with E-state index in [9.17, 15) is 23.1 Å². The number of carbonyl (C=O) groups is 2. The van der Waals surface area contributed by atoms with Crippen molar-refractivity contribution in [1.29, 1.82) is 0 Å². The Bertz CT molecular complexity index is 777. The van der Waals surface area contributed by atoms with E-state index in [1.54, 1.807) is 29.2 Å². The first-order chi connectivity index (χ1) is 11.7. The lowest BCUT2D eigenvalue weighted by molar-refractivity contribution is -0.141. The van der Waals surface area contributed by atoms with Gasteiger partial charge in [0, 0.05) is 30.5 Å². The molecule has 0 bridgehead atoms. The summed E-state index contributed by atoms with van der Waals surface area (Å²) in [6.45, 7) is 0.484. The lowest BCUT2D eigenvalue weighted by atomic mass is 9.89. The van der Waals surface area contributed by atoms with Crippen molar-refractivity contribution in [3.63, 3.8) is 0 Å². The minimum atomic E-state index is -3.02. The molecule has 0 radical (unpaired) electrons. The molecule has 0 aliphatic carbocycles. The van der Waals surface area contributed by atoms with Crippen LogP contribution in [0.1, 0.15) is 24.3 Å². The van der Waals surface area contributed by atoms with Crippen LogP contribution in [0.3, 0.4) is 0 Å². The molecule has 25 heavy (non-hydrogen) atoms. The second kappa shape index (κ2) is 6.96. The average molecular weight is 386 g/mol. The Morgan fingerprint density at radius 3 is 2.44 bits per heavy atom. The molecule has 8 heteroatoms. The molecule has 3 atom stereocenters. The Morgan fingerprint density at radius 1 is 1.20 bits per heavy atom. The molecule has 2 fully saturated rings. The molecule has 136 valence electrons. The van der Waals surface area contributed by atoms with Crippen LogP contribution in [0.25, 0.3) is 0 Å². The molecule has 1 aromatic carbocycles. The Kier molecular flexibility index (Phi) is 5.06. The largest absolute Gasteiger partial charge is 0.481 e. The van der Waals surface area contributed by atoms with Crippen LogP contribution < -0.4 is 0 Å². The molecule has 0 spiro atoms. The van der Waals surface area contributed by atoms with E-state index < -0.39 is 21.7 Å². The van der Waals surface area contributed by atoms with Crippen LogP contribution in [0.15, 0.2) is 24.3 Å². The molecule has 1 aromatic rings. The predicted molar refractivity (Wildman–Crippen MR) is 93.3 cm³/mol. The molecular formula is C17H20ClNO5S. The lowest BCUT2D eigenvalue weighted by Crippen LogP contribution is -2.31. The van der Waals surface area contributed by atoms with Gasteiger partial charge in [0.15, 0.2) is 9.84 Å². The fraction of sp³-hybridized carbons (Fsp3) is 0.529. The summed E-state index contributed by atoms with van der Waals surface area (Å²) in [5, 5.41) is 10.1. The smallest absolute Gasteiger partial charge is 0.308 e. The highest BCUT2D eigenvalue weighted by atomic mass is 35.5. The van der Waals surface area contributed by atoms with Crippen LogP contribution in [0.2, 0.25) is 5.02 Å². The quantitative estimate of drug-likeness (QED) is 0.853. The van der Waals surface area contributed by atoms with E-state index >= 15 is 0 Å². The molecule has 3 rings (SSSR count). The first kappa shape index (κ1) is 18.2. The van der Waals surface area contributed by atoms with Gasteiger partial charge in [-0.1, -0.05) is 23.7 Å². The van der Waals surface area contributed by atoms with Crippen molar-refractivity contribution in [2.24, 2.45) is 11.8 Å². The lowest BCUT2D eigenvalue weighted by Gasteiger charge is -2.18. The summed E-state index contributed by atoms with van der Waals surface area (Å²) in [5.41, 5.74) is 0.843. The summed E-state index contributed by atoms with van der Waals surface area (Å²) in [6, 6.07) is 7.01. The van der Waals surface area contributed by atoms with Crippen molar-refractivity contribution in [1.82, 2.24) is 4.90 Å². The van der Waals surface area contributed by atoms with Crippen molar-refractivity contribution in [3.8, 4) is 0 Å². The number of nitrogens with zero attached hydrogens (tertiary/aromatic N) is 1. The van der Waals surface area contributed by atoms with Gasteiger partial charge in [-0.05, 0) is 30.0 Å². The maximum absolute atomic E-state index is 12.5. The number of carboxylic acids is 1. The number of hydrogen-bond acceptors (Lipinski definition) is 4. The third-order valence-corrected chi connectivity index (χ3v) is 7.17. The summed E-state index contributed by atoms with van der Waals surface area (Å²) in [7, 11) is -3.02. The molecule has 2 saturated heterocycles. The maximum atomic E-state index is 12.5. The number of carbonyl (C=O) groups excluding carboxylic acids is 1. The van der Waals surface area contributed by atoms with Gasteiger partial charge < -0.3 is 10.0 Å². The molecule has 2 aliphatic heterocycles. The molecule has 1 N–H and O–H groups in total. The summed E-state index contributed by atoms with van der Waals surface area (Å²) in [6.07, 6.45) is 0.670. The predicted octanol–water partition coefficient (Wildman–Crippen LogP) is 1.79. The number of sulfone groups is 1. The molecule has 6 nitrogen and oxygen atoms in total. The van der Waals surface area contributed by atoms with Crippen molar-refractivity contribution in [3.05, 3.63) is 34.9 Å². The van der Waals surface area contributed by atoms with Crippen LogP contribution in [0.5, 0.6) is 0 Å². The van der Waals surface area contributed by atoms with Gasteiger partial charge in [0.1, 0.15) is 0 Å². The zero-order valence-electron chi connectivity index (χ0n) is 13.6. The normalized spacial score (nSPS) is 28.2. The highest BCUT2D eigenvalue weighted by molar-refractivity contribution is 7.91. The molecule has 1 unspecified atom stereocenters. The summed E-state index contributed by atoms with van der Waals surface area (Å²) in [4.78, 5) is 25.7. The number of rotatable bonds is 4. The van der Waals surface area contributed by atoms with Crippen LogP contribution in [-0.4, -0.2) is 54.9 Å². The second-order valence-electron chi connectivity index (χ2n) is 6.87. The second-order valence-corrected chi connectivity index (χ2v) is 9.54. The molecule has 2 heterocycles. The number of carboxylic acid groups (broad SMARTS) is 1. The average Bonchev–Trinajstić information content (AvgIpc) is 3.12. The van der Waals surface area contributed by atoms with Crippen LogP contribution in [-0.2, 0) is 19.4 Å². The van der Waals surface area contributed by atoms with Gasteiger partial charge in [0.2, 0.25) is 5.91 Å². The topological polar surface area (TPSA) is 91.8 Å². The fourth-order valence-electron chi connectivity index (χ4n) is 3.71. The van der Waals surface area contributed by atoms with Gasteiger partial charge in [-0.25, -0.2) is 8.42 Å². The van der Waals surface area contributed by atoms with Crippen LogP contribution >= 0.6 is 11.6 Å². The fourth-order valence-corrected chi connectivity index (χ4v) is 5.70. The standard InChI is InChI=1S/C17H20ClNO5S/c18-13-3-1-12(2-4-13)14-8-19(9-15(14)17(21)22)16(20)7-11-5-6-25(23,24)10-11/h1-4,11,14-15H,5-10H2,(H,21,22)/t11?,14-,15+/m0/s1. The van der Waals surface area contributed by atoms with Crippen LogP contribution in [0, 0.1) is 11.8 Å². The van der Waals surface area contributed by atoms with Gasteiger partial charge >= 0.3 is 5.97 Å². The number of hydrogen-bond donors (Lipinski definition) is 1. The van der Waals surface area contributed by atoms with Gasteiger partial charge in [-0.2, -0.15) is 0 Å². The zero-order valence-corrected chi connectivity index (χ0v) is 15.2. The monoisotopic (exact) mass is 385 g/mol. The van der Waals surface area contributed by atoms with Gasteiger partial charge in [-0.15, -0.1) is 0 Å². The molecule has 0 saturated carbocycles. The summed E-state index contributed by atoms with van der Waals surface area (Å²) >= 11 is 5.88. The van der Waals surface area contributed by atoms with Gasteiger partial charge in [0.25, 0.3) is 0 Å². The first-order valence-corrected chi connectivity index (χ1v) is 10.4. The Balaban J connectivity index is 1.70. The van der Waals surface area contributed by atoms with Gasteiger partial charge in [-0.3, -0.25) is 9.59 Å². The number of likely N-dealkylation sites (tertiary alicyclic amines) is 1.